The fourth-order valence-electron chi connectivity index (χ4n) is 1.17. The Labute approximate surface area is 88.6 Å². The molecule has 0 aliphatic carbocycles. The highest BCUT2D eigenvalue weighted by Gasteiger charge is 2.34. The van der Waals surface area contributed by atoms with Crippen molar-refractivity contribution in [2.75, 3.05) is 0 Å². The van der Waals surface area contributed by atoms with Gasteiger partial charge in [0, 0.05) is 0 Å². The van der Waals surface area contributed by atoms with Gasteiger partial charge in [0.05, 0.1) is 11.6 Å². The number of hydrogen-bond acceptors (Lipinski definition) is 2. The van der Waals surface area contributed by atoms with E-state index in [0.717, 1.165) is 6.07 Å². The van der Waals surface area contributed by atoms with Crippen LogP contribution in [-0.2, 0) is 11.0 Å². The summed E-state index contributed by atoms with van der Waals surface area (Å²) in [5.74, 6) is -1.38. The molecule has 1 rings (SSSR count). The van der Waals surface area contributed by atoms with Crippen molar-refractivity contribution in [2.24, 2.45) is 4.99 Å². The molecule has 1 atom stereocenters. The molecule has 16 heavy (non-hydrogen) atoms. The number of halogens is 4. The molecule has 0 N–H and O–H groups in total. The predicted octanol–water partition coefficient (Wildman–Crippen LogP) is 3.24. The van der Waals surface area contributed by atoms with Gasteiger partial charge in [0.25, 0.3) is 0 Å². The Morgan fingerprint density at radius 1 is 1.38 bits per heavy atom. The Bertz CT molecular complexity index is 435. The zero-order valence-electron chi connectivity index (χ0n) is 8.18. The molecular formula is C10H7F4NO. The van der Waals surface area contributed by atoms with E-state index >= 15 is 0 Å². The average molecular weight is 233 g/mol. The number of isocyanates is 1. The van der Waals surface area contributed by atoms with Crippen LogP contribution in [0.1, 0.15) is 24.1 Å². The van der Waals surface area contributed by atoms with E-state index in [1.807, 2.05) is 0 Å². The minimum Gasteiger partial charge on any atom is -0.211 e. The quantitative estimate of drug-likeness (QED) is 0.438. The predicted molar refractivity (Wildman–Crippen MR) is 47.9 cm³/mol. The van der Waals surface area contributed by atoms with Gasteiger partial charge >= 0.3 is 6.18 Å². The first-order valence-electron chi connectivity index (χ1n) is 4.30. The standard InChI is InChI=1S/C10H7F4NO/c1-6(15-5-16)7-2-3-8(9(11)4-7)10(12,13)14/h2-4,6H,1H3/t6-/m0/s1. The van der Waals surface area contributed by atoms with Gasteiger partial charge in [-0.05, 0) is 24.6 Å². The number of nitrogens with zero attached hydrogens (tertiary/aromatic N) is 1. The molecule has 0 heterocycles. The number of aliphatic imine (C=N–C) groups is 1. The lowest BCUT2D eigenvalue weighted by atomic mass is 10.1. The van der Waals surface area contributed by atoms with Crippen molar-refractivity contribution in [1.29, 1.82) is 0 Å². The van der Waals surface area contributed by atoms with Crippen LogP contribution in [0.4, 0.5) is 17.6 Å². The van der Waals surface area contributed by atoms with Crippen molar-refractivity contribution < 1.29 is 22.4 Å². The van der Waals surface area contributed by atoms with Crippen LogP contribution in [0, 0.1) is 5.82 Å². The fraction of sp³-hybridized carbons (Fsp3) is 0.300. The second-order valence-electron chi connectivity index (χ2n) is 3.13. The van der Waals surface area contributed by atoms with Gasteiger partial charge in [0.1, 0.15) is 5.82 Å². The third-order valence-electron chi connectivity index (χ3n) is 2.03. The maximum atomic E-state index is 13.1. The van der Waals surface area contributed by atoms with Gasteiger partial charge in [-0.2, -0.15) is 18.2 Å². The van der Waals surface area contributed by atoms with Crippen molar-refractivity contribution in [3.63, 3.8) is 0 Å². The second-order valence-corrected chi connectivity index (χ2v) is 3.13. The molecule has 6 heteroatoms. The van der Waals surface area contributed by atoms with Crippen LogP contribution >= 0.6 is 0 Å². The smallest absolute Gasteiger partial charge is 0.211 e. The maximum Gasteiger partial charge on any atom is 0.419 e. The van der Waals surface area contributed by atoms with E-state index in [2.05, 4.69) is 4.99 Å². The Morgan fingerprint density at radius 2 is 2.00 bits per heavy atom. The normalized spacial score (nSPS) is 13.1. The summed E-state index contributed by atoms with van der Waals surface area (Å²) < 4.78 is 49.7. The summed E-state index contributed by atoms with van der Waals surface area (Å²) in [5.41, 5.74) is -1.15. The van der Waals surface area contributed by atoms with E-state index in [1.165, 1.54) is 13.0 Å². The minimum atomic E-state index is -4.72. The van der Waals surface area contributed by atoms with Crippen molar-refractivity contribution >= 4 is 6.08 Å². The lowest BCUT2D eigenvalue weighted by molar-refractivity contribution is -0.140. The van der Waals surface area contributed by atoms with Crippen molar-refractivity contribution in [3.8, 4) is 0 Å². The average Bonchev–Trinajstić information content (AvgIpc) is 2.16. The first-order chi connectivity index (χ1) is 7.36. The Balaban J connectivity index is 3.14. The van der Waals surface area contributed by atoms with Gasteiger partial charge in [0.2, 0.25) is 6.08 Å². The van der Waals surface area contributed by atoms with Crippen LogP contribution in [-0.4, -0.2) is 6.08 Å². The van der Waals surface area contributed by atoms with E-state index in [0.29, 0.717) is 12.1 Å². The van der Waals surface area contributed by atoms with E-state index in [1.54, 1.807) is 0 Å². The van der Waals surface area contributed by atoms with Gasteiger partial charge < -0.3 is 0 Å². The third-order valence-corrected chi connectivity index (χ3v) is 2.03. The monoisotopic (exact) mass is 233 g/mol. The topological polar surface area (TPSA) is 29.4 Å². The summed E-state index contributed by atoms with van der Waals surface area (Å²) in [7, 11) is 0. The zero-order chi connectivity index (χ0) is 12.3. The zero-order valence-corrected chi connectivity index (χ0v) is 8.18. The summed E-state index contributed by atoms with van der Waals surface area (Å²) in [6, 6.07) is 1.71. The van der Waals surface area contributed by atoms with Crippen LogP contribution < -0.4 is 0 Å². The maximum absolute atomic E-state index is 13.1. The van der Waals surface area contributed by atoms with Gasteiger partial charge in [0.15, 0.2) is 0 Å². The highest BCUT2D eigenvalue weighted by molar-refractivity contribution is 5.36. The highest BCUT2D eigenvalue weighted by Crippen LogP contribution is 2.32. The molecule has 0 aliphatic heterocycles. The third kappa shape index (κ3) is 2.67. The molecule has 0 bridgehead atoms. The number of carbonyl (C=O) groups excluding carboxylic acids is 1. The first kappa shape index (κ1) is 12.4. The van der Waals surface area contributed by atoms with Crippen LogP contribution in [0.25, 0.3) is 0 Å². The lowest BCUT2D eigenvalue weighted by Crippen LogP contribution is -2.08. The molecule has 0 saturated heterocycles. The molecule has 0 fully saturated rings. The van der Waals surface area contributed by atoms with E-state index in [4.69, 9.17) is 0 Å². The molecule has 0 saturated carbocycles. The van der Waals surface area contributed by atoms with Gasteiger partial charge in [-0.3, -0.25) is 0 Å². The van der Waals surface area contributed by atoms with E-state index in [9.17, 15) is 22.4 Å². The molecule has 2 nitrogen and oxygen atoms in total. The number of hydrogen-bond donors (Lipinski definition) is 0. The second kappa shape index (κ2) is 4.45. The lowest BCUT2D eigenvalue weighted by Gasteiger charge is -2.10. The number of alkyl halides is 3. The molecule has 0 aromatic heterocycles. The molecular weight excluding hydrogens is 226 g/mol. The molecule has 86 valence electrons. The molecule has 1 aromatic rings. The van der Waals surface area contributed by atoms with Gasteiger partial charge in [-0.25, -0.2) is 9.18 Å². The summed E-state index contributed by atoms with van der Waals surface area (Å²) in [5, 5.41) is 0. The van der Waals surface area contributed by atoms with Crippen LogP contribution in [0.5, 0.6) is 0 Å². The minimum absolute atomic E-state index is 0.189. The first-order valence-corrected chi connectivity index (χ1v) is 4.30. The van der Waals surface area contributed by atoms with Gasteiger partial charge in [-0.15, -0.1) is 0 Å². The molecule has 1 aromatic carbocycles. The number of benzene rings is 1. The summed E-state index contributed by atoms with van der Waals surface area (Å²) in [6.45, 7) is 1.45. The molecule has 0 unspecified atom stereocenters. The van der Waals surface area contributed by atoms with Crippen molar-refractivity contribution in [2.45, 2.75) is 19.1 Å². The molecule has 0 amide bonds. The van der Waals surface area contributed by atoms with E-state index < -0.39 is 23.6 Å². The van der Waals surface area contributed by atoms with Crippen molar-refractivity contribution in [3.05, 3.63) is 35.1 Å². The van der Waals surface area contributed by atoms with E-state index in [-0.39, 0.29) is 5.56 Å². The van der Waals surface area contributed by atoms with Crippen LogP contribution in [0.2, 0.25) is 0 Å². The fourth-order valence-corrected chi connectivity index (χ4v) is 1.17. The summed E-state index contributed by atoms with van der Waals surface area (Å²) in [6.07, 6.45) is -3.46. The van der Waals surface area contributed by atoms with Crippen molar-refractivity contribution in [1.82, 2.24) is 0 Å². The Kier molecular flexibility index (Phi) is 3.44. The number of rotatable bonds is 2. The van der Waals surface area contributed by atoms with Crippen LogP contribution in [0.3, 0.4) is 0 Å². The SMILES string of the molecule is C[C@H](N=C=O)c1ccc(C(F)(F)F)c(F)c1. The summed E-state index contributed by atoms with van der Waals surface area (Å²) >= 11 is 0. The molecule has 0 radical (unpaired) electrons. The van der Waals surface area contributed by atoms with Crippen LogP contribution in [0.15, 0.2) is 23.2 Å². The largest absolute Gasteiger partial charge is 0.419 e. The van der Waals surface area contributed by atoms with Gasteiger partial charge in [-0.1, -0.05) is 6.07 Å². The molecule has 0 aliphatic rings. The summed E-state index contributed by atoms with van der Waals surface area (Å²) in [4.78, 5) is 13.2. The molecule has 0 spiro atoms. The Morgan fingerprint density at radius 3 is 2.44 bits per heavy atom. The highest BCUT2D eigenvalue weighted by atomic mass is 19.4. The Hall–Kier alpha value is -1.68.